The van der Waals surface area contributed by atoms with Crippen LogP contribution < -0.4 is 10.2 Å². The van der Waals surface area contributed by atoms with Crippen LogP contribution in [0.5, 0.6) is 0 Å². The van der Waals surface area contributed by atoms with Gasteiger partial charge in [0.1, 0.15) is 0 Å². The first kappa shape index (κ1) is 20.3. The summed E-state index contributed by atoms with van der Waals surface area (Å²) in [6.07, 6.45) is 4.40. The van der Waals surface area contributed by atoms with Crippen molar-refractivity contribution in [3.05, 3.63) is 54.1 Å². The largest absolute Gasteiger partial charge is 0.372 e. The molecule has 29 heavy (non-hydrogen) atoms. The second-order valence-electron chi connectivity index (χ2n) is 7.69. The standard InChI is InChI=1S/C22H26N2O3S2/c25-22(23-17-8-10-18(11-9-17)24-13-4-1-5-14-24)20-6-2-3-7-21(20)28-19-12-15-29(26,27)16-19/h2-3,6-11,19H,1,4-5,12-16H2,(H,23,25). The van der Waals surface area contributed by atoms with Crippen molar-refractivity contribution in [2.24, 2.45) is 0 Å². The predicted molar refractivity (Wildman–Crippen MR) is 120 cm³/mol. The van der Waals surface area contributed by atoms with E-state index in [4.69, 9.17) is 0 Å². The minimum Gasteiger partial charge on any atom is -0.372 e. The van der Waals surface area contributed by atoms with Gasteiger partial charge in [-0.15, -0.1) is 11.8 Å². The number of nitrogens with zero attached hydrogens (tertiary/aromatic N) is 1. The summed E-state index contributed by atoms with van der Waals surface area (Å²) in [6, 6.07) is 15.4. The summed E-state index contributed by atoms with van der Waals surface area (Å²) < 4.78 is 23.5. The first-order chi connectivity index (χ1) is 14.0. The Kier molecular flexibility index (Phi) is 6.15. The fourth-order valence-electron chi connectivity index (χ4n) is 3.90. The third-order valence-electron chi connectivity index (χ3n) is 5.46. The summed E-state index contributed by atoms with van der Waals surface area (Å²) >= 11 is 1.49. The van der Waals surface area contributed by atoms with E-state index < -0.39 is 9.84 Å². The Hall–Kier alpha value is -1.99. The zero-order valence-corrected chi connectivity index (χ0v) is 18.0. The first-order valence-corrected chi connectivity index (χ1v) is 12.8. The number of carbonyl (C=O) groups excluding carboxylic acids is 1. The molecule has 1 unspecified atom stereocenters. The molecule has 2 heterocycles. The Labute approximate surface area is 176 Å². The molecule has 0 radical (unpaired) electrons. The van der Waals surface area contributed by atoms with Crippen LogP contribution in [0.3, 0.4) is 0 Å². The van der Waals surface area contributed by atoms with Gasteiger partial charge in [-0.2, -0.15) is 0 Å². The summed E-state index contributed by atoms with van der Waals surface area (Å²) in [4.78, 5) is 16.1. The molecule has 2 aliphatic heterocycles. The zero-order chi connectivity index (χ0) is 20.3. The van der Waals surface area contributed by atoms with E-state index in [0.717, 1.165) is 23.7 Å². The van der Waals surface area contributed by atoms with Gasteiger partial charge < -0.3 is 10.2 Å². The van der Waals surface area contributed by atoms with Gasteiger partial charge in [-0.3, -0.25) is 4.79 Å². The fourth-order valence-corrected chi connectivity index (χ4v) is 7.52. The second-order valence-corrected chi connectivity index (χ2v) is 11.3. The lowest BCUT2D eigenvalue weighted by molar-refractivity contribution is 0.102. The molecular formula is C22H26N2O3S2. The van der Waals surface area contributed by atoms with Crippen molar-refractivity contribution in [2.45, 2.75) is 35.8 Å². The minimum absolute atomic E-state index is 0.0118. The SMILES string of the molecule is O=C(Nc1ccc(N2CCCCC2)cc1)c1ccccc1SC1CCS(=O)(=O)C1. The minimum atomic E-state index is -2.94. The Morgan fingerprint density at radius 3 is 2.41 bits per heavy atom. The summed E-state index contributed by atoms with van der Waals surface area (Å²) in [5.41, 5.74) is 2.54. The highest BCUT2D eigenvalue weighted by Crippen LogP contribution is 2.33. The molecule has 2 aliphatic rings. The summed E-state index contributed by atoms with van der Waals surface area (Å²) in [5.74, 6) is 0.258. The monoisotopic (exact) mass is 430 g/mol. The average Bonchev–Trinajstić information content (AvgIpc) is 3.08. The van der Waals surface area contributed by atoms with E-state index in [1.807, 2.05) is 30.3 Å². The van der Waals surface area contributed by atoms with E-state index in [-0.39, 0.29) is 22.7 Å². The Morgan fingerprint density at radius 2 is 1.72 bits per heavy atom. The Bertz CT molecular complexity index is 968. The van der Waals surface area contributed by atoms with E-state index in [1.165, 1.54) is 36.7 Å². The summed E-state index contributed by atoms with van der Waals surface area (Å²) in [6.45, 7) is 2.18. The maximum absolute atomic E-state index is 12.9. The smallest absolute Gasteiger partial charge is 0.256 e. The lowest BCUT2D eigenvalue weighted by atomic mass is 10.1. The zero-order valence-electron chi connectivity index (χ0n) is 16.3. The van der Waals surface area contributed by atoms with E-state index in [2.05, 4.69) is 22.3 Å². The molecule has 5 nitrogen and oxygen atoms in total. The number of thioether (sulfide) groups is 1. The number of amides is 1. The molecule has 2 fully saturated rings. The number of anilines is 2. The van der Waals surface area contributed by atoms with Crippen LogP contribution in [-0.2, 0) is 9.84 Å². The Morgan fingerprint density at radius 1 is 1.00 bits per heavy atom. The van der Waals surface area contributed by atoms with E-state index >= 15 is 0 Å². The molecule has 2 aromatic carbocycles. The van der Waals surface area contributed by atoms with Crippen LogP contribution in [0.15, 0.2) is 53.4 Å². The van der Waals surface area contributed by atoms with E-state index in [9.17, 15) is 13.2 Å². The molecule has 1 atom stereocenters. The number of carbonyl (C=O) groups is 1. The molecule has 0 bridgehead atoms. The van der Waals surface area contributed by atoms with Gasteiger partial charge >= 0.3 is 0 Å². The van der Waals surface area contributed by atoms with Crippen molar-refractivity contribution in [2.75, 3.05) is 34.8 Å². The molecule has 0 spiro atoms. The number of rotatable bonds is 5. The fraction of sp³-hybridized carbons (Fsp3) is 0.409. The van der Waals surface area contributed by atoms with Gasteiger partial charge in [0.25, 0.3) is 5.91 Å². The van der Waals surface area contributed by atoms with E-state index in [0.29, 0.717) is 12.0 Å². The topological polar surface area (TPSA) is 66.5 Å². The molecule has 2 saturated heterocycles. The molecule has 154 valence electrons. The summed E-state index contributed by atoms with van der Waals surface area (Å²) in [5, 5.41) is 2.99. The van der Waals surface area contributed by atoms with Crippen LogP contribution in [0.25, 0.3) is 0 Å². The molecule has 4 rings (SSSR count). The number of hydrogen-bond donors (Lipinski definition) is 1. The second kappa shape index (κ2) is 8.79. The number of hydrogen-bond acceptors (Lipinski definition) is 5. The third kappa shape index (κ3) is 5.14. The molecule has 1 N–H and O–H groups in total. The van der Waals surface area contributed by atoms with Gasteiger partial charge in [-0.05, 0) is 62.1 Å². The predicted octanol–water partition coefficient (Wildman–Crippen LogP) is 4.21. The average molecular weight is 431 g/mol. The maximum atomic E-state index is 12.9. The van der Waals surface area contributed by atoms with Gasteiger partial charge in [-0.25, -0.2) is 8.42 Å². The van der Waals surface area contributed by atoms with Crippen molar-refractivity contribution in [1.29, 1.82) is 0 Å². The molecule has 2 aromatic rings. The van der Waals surface area contributed by atoms with Crippen molar-refractivity contribution in [3.8, 4) is 0 Å². The van der Waals surface area contributed by atoms with Gasteiger partial charge in [0.15, 0.2) is 9.84 Å². The van der Waals surface area contributed by atoms with Crippen LogP contribution in [0.2, 0.25) is 0 Å². The molecule has 7 heteroatoms. The van der Waals surface area contributed by atoms with Gasteiger partial charge in [0.2, 0.25) is 0 Å². The Balaban J connectivity index is 1.43. The molecule has 0 aromatic heterocycles. The number of benzene rings is 2. The van der Waals surface area contributed by atoms with Crippen LogP contribution in [0.4, 0.5) is 11.4 Å². The number of piperidine rings is 1. The third-order valence-corrected chi connectivity index (χ3v) is 8.79. The van der Waals surface area contributed by atoms with Gasteiger partial charge in [0.05, 0.1) is 17.1 Å². The number of sulfone groups is 1. The van der Waals surface area contributed by atoms with E-state index in [1.54, 1.807) is 6.07 Å². The normalized spacial score (nSPS) is 21.1. The van der Waals surface area contributed by atoms with Gasteiger partial charge in [-0.1, -0.05) is 12.1 Å². The highest BCUT2D eigenvalue weighted by Gasteiger charge is 2.29. The van der Waals surface area contributed by atoms with Crippen LogP contribution in [0.1, 0.15) is 36.0 Å². The van der Waals surface area contributed by atoms with Crippen LogP contribution in [-0.4, -0.2) is 44.2 Å². The first-order valence-electron chi connectivity index (χ1n) is 10.1. The van der Waals surface area contributed by atoms with Crippen LogP contribution in [0, 0.1) is 0 Å². The van der Waals surface area contributed by atoms with Crippen molar-refractivity contribution in [1.82, 2.24) is 0 Å². The lowest BCUT2D eigenvalue weighted by Gasteiger charge is -2.28. The van der Waals surface area contributed by atoms with Gasteiger partial charge in [0, 0.05) is 34.6 Å². The summed E-state index contributed by atoms with van der Waals surface area (Å²) in [7, 11) is -2.94. The van der Waals surface area contributed by atoms with Crippen molar-refractivity contribution >= 4 is 38.9 Å². The molecule has 0 aliphatic carbocycles. The number of nitrogens with one attached hydrogen (secondary N) is 1. The van der Waals surface area contributed by atoms with Crippen molar-refractivity contribution in [3.63, 3.8) is 0 Å². The molecule has 0 saturated carbocycles. The highest BCUT2D eigenvalue weighted by atomic mass is 32.2. The highest BCUT2D eigenvalue weighted by molar-refractivity contribution is 8.02. The maximum Gasteiger partial charge on any atom is 0.256 e. The lowest BCUT2D eigenvalue weighted by Crippen LogP contribution is -2.29. The van der Waals surface area contributed by atoms with Crippen LogP contribution >= 0.6 is 11.8 Å². The van der Waals surface area contributed by atoms with Crippen molar-refractivity contribution < 1.29 is 13.2 Å². The molecular weight excluding hydrogens is 404 g/mol. The quantitative estimate of drug-likeness (QED) is 0.770. The molecule has 1 amide bonds.